The molecule has 1 atom stereocenters. The number of nitrogens with zero attached hydrogens (tertiary/aromatic N) is 1. The summed E-state index contributed by atoms with van der Waals surface area (Å²) in [5.41, 5.74) is 5.65. The van der Waals surface area contributed by atoms with Crippen molar-refractivity contribution >= 4 is 27.4 Å². The van der Waals surface area contributed by atoms with Gasteiger partial charge in [-0.25, -0.2) is 4.39 Å². The lowest BCUT2D eigenvalue weighted by atomic mass is 9.96. The number of para-hydroxylation sites is 1. The van der Waals surface area contributed by atoms with Crippen LogP contribution in [0.15, 0.2) is 65.4 Å². The van der Waals surface area contributed by atoms with Crippen LogP contribution in [0.5, 0.6) is 0 Å². The Morgan fingerprint density at radius 2 is 2.07 bits per heavy atom. The van der Waals surface area contributed by atoms with Crippen molar-refractivity contribution in [3.8, 4) is 0 Å². The van der Waals surface area contributed by atoms with Crippen LogP contribution in [-0.2, 0) is 0 Å². The Morgan fingerprint density at radius 1 is 1.18 bits per heavy atom. The average Bonchev–Trinajstić information content (AvgIpc) is 3.32. The fourth-order valence-corrected chi connectivity index (χ4v) is 4.35. The predicted octanol–water partition coefficient (Wildman–Crippen LogP) is 5.95. The van der Waals surface area contributed by atoms with Gasteiger partial charge in [0, 0.05) is 53.2 Å². The van der Waals surface area contributed by atoms with Crippen LogP contribution in [0.25, 0.3) is 27.4 Å². The summed E-state index contributed by atoms with van der Waals surface area (Å²) in [6.45, 7) is 5.18. The molecule has 0 saturated heterocycles. The maximum absolute atomic E-state index is 13.7. The van der Waals surface area contributed by atoms with Gasteiger partial charge >= 0.3 is 0 Å². The Hall–Kier alpha value is -2.85. The standard InChI is InChI=1S/C24H23FN2O/c1-16(22-15-28-24-5-3-2-4-19(22)24)14-27-10-8-17(9-11-27)21-13-26-23-7-6-18(25)12-20(21)23/h2-8,12-13,15-16,26H,9-11,14H2,1H3. The minimum atomic E-state index is -0.187. The Labute approximate surface area is 163 Å². The van der Waals surface area contributed by atoms with Gasteiger partial charge in [0.15, 0.2) is 0 Å². The molecule has 3 nitrogen and oxygen atoms in total. The van der Waals surface area contributed by atoms with Crippen molar-refractivity contribution < 1.29 is 8.81 Å². The molecule has 0 saturated carbocycles. The molecule has 3 heterocycles. The maximum Gasteiger partial charge on any atom is 0.134 e. The number of rotatable bonds is 4. The van der Waals surface area contributed by atoms with Gasteiger partial charge in [-0.2, -0.15) is 0 Å². The first-order valence-electron chi connectivity index (χ1n) is 9.83. The predicted molar refractivity (Wildman–Crippen MR) is 112 cm³/mol. The Bertz CT molecular complexity index is 1170. The van der Waals surface area contributed by atoms with E-state index in [1.54, 1.807) is 12.1 Å². The molecule has 0 radical (unpaired) electrons. The third-order valence-electron chi connectivity index (χ3n) is 5.86. The van der Waals surface area contributed by atoms with Gasteiger partial charge in [-0.15, -0.1) is 0 Å². The van der Waals surface area contributed by atoms with E-state index in [0.717, 1.165) is 48.1 Å². The number of aromatic nitrogens is 1. The summed E-state index contributed by atoms with van der Waals surface area (Å²) in [6, 6.07) is 13.2. The minimum absolute atomic E-state index is 0.187. The summed E-state index contributed by atoms with van der Waals surface area (Å²) < 4.78 is 19.4. The molecule has 0 aliphatic carbocycles. The van der Waals surface area contributed by atoms with E-state index in [1.807, 2.05) is 24.6 Å². The van der Waals surface area contributed by atoms with E-state index in [1.165, 1.54) is 22.6 Å². The van der Waals surface area contributed by atoms with E-state index >= 15 is 0 Å². The third-order valence-corrected chi connectivity index (χ3v) is 5.86. The molecule has 2 aromatic heterocycles. The van der Waals surface area contributed by atoms with E-state index in [2.05, 4.69) is 35.0 Å². The van der Waals surface area contributed by atoms with Crippen molar-refractivity contribution in [2.75, 3.05) is 19.6 Å². The Kier molecular flexibility index (Phi) is 4.29. The van der Waals surface area contributed by atoms with Crippen LogP contribution in [0.4, 0.5) is 4.39 Å². The highest BCUT2D eigenvalue weighted by Crippen LogP contribution is 2.32. The molecule has 1 unspecified atom stereocenters. The van der Waals surface area contributed by atoms with Gasteiger partial charge in [-0.1, -0.05) is 31.2 Å². The molecule has 1 aliphatic heterocycles. The average molecular weight is 374 g/mol. The molecule has 0 amide bonds. The zero-order valence-electron chi connectivity index (χ0n) is 15.9. The number of hydrogen-bond acceptors (Lipinski definition) is 2. The molecular weight excluding hydrogens is 351 g/mol. The van der Waals surface area contributed by atoms with Crippen LogP contribution in [0.2, 0.25) is 0 Å². The molecule has 0 fully saturated rings. The van der Waals surface area contributed by atoms with Gasteiger partial charge in [0.05, 0.1) is 6.26 Å². The van der Waals surface area contributed by atoms with Gasteiger partial charge in [-0.3, -0.25) is 4.90 Å². The number of fused-ring (bicyclic) bond motifs is 2. The first kappa shape index (κ1) is 17.3. The third kappa shape index (κ3) is 3.04. The first-order chi connectivity index (χ1) is 13.7. The number of aromatic amines is 1. The minimum Gasteiger partial charge on any atom is -0.464 e. The van der Waals surface area contributed by atoms with Crippen molar-refractivity contribution in [3.63, 3.8) is 0 Å². The highest BCUT2D eigenvalue weighted by molar-refractivity contribution is 5.92. The molecule has 28 heavy (non-hydrogen) atoms. The van der Waals surface area contributed by atoms with Crippen molar-refractivity contribution in [3.05, 3.63) is 77.9 Å². The normalized spacial score (nSPS) is 16.6. The molecule has 4 heteroatoms. The SMILES string of the molecule is CC(CN1CC=C(c2c[nH]c3ccc(F)cc23)CC1)c1coc2ccccc12. The summed E-state index contributed by atoms with van der Waals surface area (Å²) in [7, 11) is 0. The molecule has 4 aromatic rings. The largest absolute Gasteiger partial charge is 0.464 e. The number of halogens is 1. The van der Waals surface area contributed by atoms with Gasteiger partial charge < -0.3 is 9.40 Å². The van der Waals surface area contributed by atoms with Crippen molar-refractivity contribution in [1.82, 2.24) is 9.88 Å². The number of nitrogens with one attached hydrogen (secondary N) is 1. The lowest BCUT2D eigenvalue weighted by Crippen LogP contribution is -2.31. The summed E-state index contributed by atoms with van der Waals surface area (Å²) in [5.74, 6) is 0.216. The van der Waals surface area contributed by atoms with E-state index in [-0.39, 0.29) is 5.82 Å². The van der Waals surface area contributed by atoms with Gasteiger partial charge in [0.1, 0.15) is 11.4 Å². The van der Waals surface area contributed by atoms with Gasteiger partial charge in [-0.05, 0) is 42.2 Å². The summed E-state index contributed by atoms with van der Waals surface area (Å²) in [6.07, 6.45) is 7.17. The van der Waals surface area contributed by atoms with Gasteiger partial charge in [0.2, 0.25) is 0 Å². The molecule has 142 valence electrons. The zero-order chi connectivity index (χ0) is 19.1. The maximum atomic E-state index is 13.7. The van der Waals surface area contributed by atoms with E-state index in [0.29, 0.717) is 5.92 Å². The van der Waals surface area contributed by atoms with Crippen molar-refractivity contribution in [2.45, 2.75) is 19.3 Å². The molecule has 1 N–H and O–H groups in total. The fraction of sp³-hybridized carbons (Fsp3) is 0.250. The molecule has 2 aromatic carbocycles. The van der Waals surface area contributed by atoms with Crippen molar-refractivity contribution in [1.29, 1.82) is 0 Å². The second-order valence-electron chi connectivity index (χ2n) is 7.72. The Morgan fingerprint density at radius 3 is 2.93 bits per heavy atom. The number of H-pyrrole nitrogens is 1. The molecular formula is C24H23FN2O. The second-order valence-corrected chi connectivity index (χ2v) is 7.72. The Balaban J connectivity index is 1.32. The number of hydrogen-bond donors (Lipinski definition) is 1. The van der Waals surface area contributed by atoms with Crippen molar-refractivity contribution in [2.24, 2.45) is 0 Å². The topological polar surface area (TPSA) is 32.2 Å². The summed E-state index contributed by atoms with van der Waals surface area (Å²) >= 11 is 0. The fourth-order valence-electron chi connectivity index (χ4n) is 4.35. The number of benzene rings is 2. The quantitative estimate of drug-likeness (QED) is 0.479. The summed E-state index contributed by atoms with van der Waals surface area (Å²) in [4.78, 5) is 5.74. The molecule has 1 aliphatic rings. The molecule has 0 spiro atoms. The van der Waals surface area contributed by atoms with E-state index in [4.69, 9.17) is 4.42 Å². The lowest BCUT2D eigenvalue weighted by molar-refractivity contribution is 0.287. The van der Waals surface area contributed by atoms with Crippen LogP contribution < -0.4 is 0 Å². The smallest absolute Gasteiger partial charge is 0.134 e. The monoisotopic (exact) mass is 374 g/mol. The van der Waals surface area contributed by atoms with Crippen LogP contribution in [-0.4, -0.2) is 29.5 Å². The molecule has 0 bridgehead atoms. The second kappa shape index (κ2) is 6.95. The van der Waals surface area contributed by atoms with E-state index in [9.17, 15) is 4.39 Å². The van der Waals surface area contributed by atoms with Gasteiger partial charge in [0.25, 0.3) is 0 Å². The molecule has 5 rings (SSSR count). The summed E-state index contributed by atoms with van der Waals surface area (Å²) in [5, 5.41) is 2.18. The highest BCUT2D eigenvalue weighted by Gasteiger charge is 2.20. The van der Waals surface area contributed by atoms with Crippen LogP contribution in [0.3, 0.4) is 0 Å². The van der Waals surface area contributed by atoms with Crippen LogP contribution >= 0.6 is 0 Å². The van der Waals surface area contributed by atoms with Crippen LogP contribution in [0.1, 0.15) is 30.4 Å². The highest BCUT2D eigenvalue weighted by atomic mass is 19.1. The lowest BCUT2D eigenvalue weighted by Gasteiger charge is -2.28. The van der Waals surface area contributed by atoms with E-state index < -0.39 is 0 Å². The van der Waals surface area contributed by atoms with Crippen LogP contribution in [0, 0.1) is 5.82 Å². The number of furan rings is 1. The first-order valence-corrected chi connectivity index (χ1v) is 9.83. The zero-order valence-corrected chi connectivity index (χ0v) is 15.9.